The van der Waals surface area contributed by atoms with Crippen molar-refractivity contribution in [3.8, 4) is 12.3 Å². The summed E-state index contributed by atoms with van der Waals surface area (Å²) in [5.41, 5.74) is 6.19. The summed E-state index contributed by atoms with van der Waals surface area (Å²) in [6.45, 7) is 5.85. The monoisotopic (exact) mass is 390 g/mol. The molecule has 0 saturated carbocycles. The van der Waals surface area contributed by atoms with E-state index in [0.29, 0.717) is 11.5 Å². The molecule has 0 amide bonds. The molecule has 5 heteroatoms. The maximum Gasteiger partial charge on any atom is 0.148 e. The highest BCUT2D eigenvalue weighted by Crippen LogP contribution is 2.27. The third-order valence-corrected chi connectivity index (χ3v) is 4.83. The number of rotatable bonds is 7. The van der Waals surface area contributed by atoms with Crippen molar-refractivity contribution in [1.82, 2.24) is 15.3 Å². The summed E-state index contributed by atoms with van der Waals surface area (Å²) in [6, 6.07) is 12.6. The predicted octanol–water partition coefficient (Wildman–Crippen LogP) is 4.80. The number of hydrogen-bond acceptors (Lipinski definition) is 4. The van der Waals surface area contributed by atoms with E-state index in [1.807, 2.05) is 13.0 Å². The van der Waals surface area contributed by atoms with Crippen LogP contribution in [0, 0.1) is 26.2 Å². The van der Waals surface area contributed by atoms with Crippen LogP contribution in [0.15, 0.2) is 48.8 Å². The normalized spacial score (nSPS) is 10.5. The molecule has 4 nitrogen and oxygen atoms in total. The SMILES string of the molecule is C#Cc1cnc(Nc2cc(Cl)c(CCNCc3ccc(C)cc3)cc2C)cn1. The standard InChI is InChI=1S/C23H23ClN4/c1-4-20-14-27-23(15-26-20)28-22-12-21(24)19(11-17(22)3)9-10-25-13-18-7-5-16(2)6-8-18/h1,5-8,11-12,14-15,25H,9-10,13H2,2-3H3,(H,27,28). The van der Waals surface area contributed by atoms with Gasteiger partial charge in [0.2, 0.25) is 0 Å². The van der Waals surface area contributed by atoms with Gasteiger partial charge in [0.25, 0.3) is 0 Å². The van der Waals surface area contributed by atoms with Crippen LogP contribution in [0.3, 0.4) is 0 Å². The summed E-state index contributed by atoms with van der Waals surface area (Å²) in [7, 11) is 0. The van der Waals surface area contributed by atoms with Gasteiger partial charge in [0.1, 0.15) is 11.5 Å². The Kier molecular flexibility index (Phi) is 6.65. The van der Waals surface area contributed by atoms with Crippen LogP contribution in [0.2, 0.25) is 5.02 Å². The zero-order chi connectivity index (χ0) is 19.9. The van der Waals surface area contributed by atoms with E-state index in [1.54, 1.807) is 12.4 Å². The number of anilines is 2. The third-order valence-electron chi connectivity index (χ3n) is 4.48. The largest absolute Gasteiger partial charge is 0.339 e. The summed E-state index contributed by atoms with van der Waals surface area (Å²) in [4.78, 5) is 8.40. The Bertz CT molecular complexity index is 973. The molecule has 0 atom stereocenters. The molecule has 2 N–H and O–H groups in total. The Hall–Kier alpha value is -2.87. The van der Waals surface area contributed by atoms with Crippen molar-refractivity contribution in [1.29, 1.82) is 0 Å². The van der Waals surface area contributed by atoms with Gasteiger partial charge in [0.05, 0.1) is 12.4 Å². The van der Waals surface area contributed by atoms with Crippen molar-refractivity contribution >= 4 is 23.1 Å². The molecule has 0 unspecified atom stereocenters. The average molecular weight is 391 g/mol. The van der Waals surface area contributed by atoms with E-state index in [9.17, 15) is 0 Å². The fourth-order valence-electron chi connectivity index (χ4n) is 2.83. The minimum Gasteiger partial charge on any atom is -0.339 e. The van der Waals surface area contributed by atoms with Gasteiger partial charge in [0, 0.05) is 17.3 Å². The van der Waals surface area contributed by atoms with Gasteiger partial charge in [-0.2, -0.15) is 0 Å². The lowest BCUT2D eigenvalue weighted by molar-refractivity contribution is 0.687. The van der Waals surface area contributed by atoms with E-state index in [-0.39, 0.29) is 0 Å². The first-order chi connectivity index (χ1) is 13.5. The number of hydrogen-bond donors (Lipinski definition) is 2. The first kappa shape index (κ1) is 19.9. The van der Waals surface area contributed by atoms with E-state index >= 15 is 0 Å². The van der Waals surface area contributed by atoms with Gasteiger partial charge in [-0.15, -0.1) is 6.42 Å². The van der Waals surface area contributed by atoms with E-state index in [0.717, 1.165) is 41.3 Å². The van der Waals surface area contributed by atoms with Gasteiger partial charge >= 0.3 is 0 Å². The predicted molar refractivity (Wildman–Crippen MR) is 116 cm³/mol. The van der Waals surface area contributed by atoms with Crippen LogP contribution in [-0.4, -0.2) is 16.5 Å². The second-order valence-corrected chi connectivity index (χ2v) is 7.13. The molecule has 1 heterocycles. The van der Waals surface area contributed by atoms with Gasteiger partial charge < -0.3 is 10.6 Å². The van der Waals surface area contributed by atoms with E-state index in [4.69, 9.17) is 18.0 Å². The van der Waals surface area contributed by atoms with Crippen LogP contribution in [-0.2, 0) is 13.0 Å². The average Bonchev–Trinajstić information content (AvgIpc) is 2.70. The smallest absolute Gasteiger partial charge is 0.148 e. The molecule has 0 aliphatic carbocycles. The highest BCUT2D eigenvalue weighted by molar-refractivity contribution is 6.31. The number of aromatic nitrogens is 2. The molecular formula is C23H23ClN4. The number of nitrogens with one attached hydrogen (secondary N) is 2. The van der Waals surface area contributed by atoms with Crippen LogP contribution in [0.5, 0.6) is 0 Å². The maximum absolute atomic E-state index is 6.50. The van der Waals surface area contributed by atoms with Crippen molar-refractivity contribution in [2.45, 2.75) is 26.8 Å². The Morgan fingerprint density at radius 3 is 2.54 bits per heavy atom. The Balaban J connectivity index is 1.58. The maximum atomic E-state index is 6.50. The molecule has 0 aliphatic heterocycles. The fourth-order valence-corrected chi connectivity index (χ4v) is 3.09. The van der Waals surface area contributed by atoms with E-state index in [2.05, 4.69) is 63.8 Å². The first-order valence-corrected chi connectivity index (χ1v) is 9.54. The molecule has 0 spiro atoms. The van der Waals surface area contributed by atoms with Crippen LogP contribution in [0.1, 0.15) is 27.9 Å². The summed E-state index contributed by atoms with van der Waals surface area (Å²) < 4.78 is 0. The molecule has 3 aromatic rings. The summed E-state index contributed by atoms with van der Waals surface area (Å²) >= 11 is 6.50. The number of aryl methyl sites for hydroxylation is 2. The number of terminal acetylenes is 1. The summed E-state index contributed by atoms with van der Waals surface area (Å²) in [6.07, 6.45) is 9.35. The topological polar surface area (TPSA) is 49.8 Å². The van der Waals surface area contributed by atoms with Crippen molar-refractivity contribution in [3.63, 3.8) is 0 Å². The summed E-state index contributed by atoms with van der Waals surface area (Å²) in [5.74, 6) is 3.08. The molecule has 2 aromatic carbocycles. The molecule has 0 fully saturated rings. The molecule has 0 aliphatic rings. The molecular weight excluding hydrogens is 368 g/mol. The first-order valence-electron chi connectivity index (χ1n) is 9.16. The molecule has 3 rings (SSSR count). The van der Waals surface area contributed by atoms with Crippen LogP contribution < -0.4 is 10.6 Å². The van der Waals surface area contributed by atoms with Crippen molar-refractivity contribution in [2.24, 2.45) is 0 Å². The quantitative estimate of drug-likeness (QED) is 0.449. The fraction of sp³-hybridized carbons (Fsp3) is 0.217. The molecule has 142 valence electrons. The van der Waals surface area contributed by atoms with Crippen LogP contribution in [0.4, 0.5) is 11.5 Å². The van der Waals surface area contributed by atoms with Gasteiger partial charge in [0.15, 0.2) is 0 Å². The van der Waals surface area contributed by atoms with Crippen molar-refractivity contribution < 1.29 is 0 Å². The van der Waals surface area contributed by atoms with E-state index in [1.165, 1.54) is 11.1 Å². The lowest BCUT2D eigenvalue weighted by atomic mass is 10.1. The summed E-state index contributed by atoms with van der Waals surface area (Å²) in [5, 5.41) is 7.45. The highest BCUT2D eigenvalue weighted by atomic mass is 35.5. The van der Waals surface area contributed by atoms with Gasteiger partial charge in [-0.1, -0.05) is 47.5 Å². The Labute approximate surface area is 171 Å². The Morgan fingerprint density at radius 1 is 1.07 bits per heavy atom. The van der Waals surface area contributed by atoms with Crippen molar-refractivity contribution in [2.75, 3.05) is 11.9 Å². The zero-order valence-electron chi connectivity index (χ0n) is 16.1. The highest BCUT2D eigenvalue weighted by Gasteiger charge is 2.07. The number of nitrogens with zero attached hydrogens (tertiary/aromatic N) is 2. The minimum atomic E-state index is 0.508. The minimum absolute atomic E-state index is 0.508. The second-order valence-electron chi connectivity index (χ2n) is 6.73. The second kappa shape index (κ2) is 9.36. The van der Waals surface area contributed by atoms with E-state index < -0.39 is 0 Å². The van der Waals surface area contributed by atoms with Gasteiger partial charge in [-0.25, -0.2) is 9.97 Å². The van der Waals surface area contributed by atoms with Crippen LogP contribution >= 0.6 is 11.6 Å². The molecule has 1 aromatic heterocycles. The van der Waals surface area contributed by atoms with Crippen molar-refractivity contribution in [3.05, 3.63) is 81.8 Å². The molecule has 28 heavy (non-hydrogen) atoms. The molecule has 0 saturated heterocycles. The van der Waals surface area contributed by atoms with Gasteiger partial charge in [-0.3, -0.25) is 0 Å². The molecule has 0 radical (unpaired) electrons. The molecule has 0 bridgehead atoms. The lowest BCUT2D eigenvalue weighted by Gasteiger charge is -2.13. The number of halogens is 1. The Morgan fingerprint density at radius 2 is 1.86 bits per heavy atom. The van der Waals surface area contributed by atoms with Crippen LogP contribution in [0.25, 0.3) is 0 Å². The van der Waals surface area contributed by atoms with Gasteiger partial charge in [-0.05, 0) is 55.5 Å². The number of benzene rings is 2. The zero-order valence-corrected chi connectivity index (χ0v) is 16.8. The lowest BCUT2D eigenvalue weighted by Crippen LogP contribution is -2.17. The third kappa shape index (κ3) is 5.32.